The Morgan fingerprint density at radius 1 is 0.816 bits per heavy atom. The Balaban J connectivity index is 0.961. The molecule has 0 radical (unpaired) electrons. The molecule has 0 saturated carbocycles. The predicted octanol–water partition coefficient (Wildman–Crippen LogP) is 9.24. The van der Waals surface area contributed by atoms with E-state index in [4.69, 9.17) is 19.2 Å². The summed E-state index contributed by atoms with van der Waals surface area (Å²) in [5, 5.41) is 15.3. The van der Waals surface area contributed by atoms with Crippen LogP contribution in [0.2, 0.25) is 0 Å². The molecule has 0 aliphatic carbocycles. The van der Waals surface area contributed by atoms with Gasteiger partial charge in [0.1, 0.15) is 11.5 Å². The molecule has 1 fully saturated rings. The van der Waals surface area contributed by atoms with Crippen LogP contribution in [-0.4, -0.2) is 28.0 Å². The smallest absolute Gasteiger partial charge is 0.319 e. The predicted molar refractivity (Wildman–Crippen MR) is 194 cm³/mol. The first-order chi connectivity index (χ1) is 24.1. The summed E-state index contributed by atoms with van der Waals surface area (Å²) in [6.07, 6.45) is -0.0950. The molecule has 6 aromatic rings. The number of hydrogen-bond acceptors (Lipinski definition) is 8. The quantitative estimate of drug-likeness (QED) is 0.117. The molecule has 1 aliphatic heterocycles. The van der Waals surface area contributed by atoms with Crippen molar-refractivity contribution in [1.29, 1.82) is 0 Å². The Morgan fingerprint density at radius 2 is 1.51 bits per heavy atom. The van der Waals surface area contributed by atoms with E-state index in [0.29, 0.717) is 24.4 Å². The molecule has 0 bridgehead atoms. The summed E-state index contributed by atoms with van der Waals surface area (Å²) in [7, 11) is 0. The maximum absolute atomic E-state index is 12.6. The molecule has 1 saturated heterocycles. The Morgan fingerprint density at radius 3 is 2.27 bits per heavy atom. The zero-order valence-corrected chi connectivity index (χ0v) is 28.2. The van der Waals surface area contributed by atoms with E-state index >= 15 is 0 Å². The monoisotopic (exact) mass is 689 g/mol. The normalized spacial score (nSPS) is 17.4. The van der Waals surface area contributed by atoms with Crippen LogP contribution in [0, 0.1) is 0 Å². The van der Waals surface area contributed by atoms with E-state index in [-0.39, 0.29) is 24.8 Å². The van der Waals surface area contributed by atoms with Crippen LogP contribution in [0.1, 0.15) is 41.1 Å². The Bertz CT molecular complexity index is 1940. The summed E-state index contributed by atoms with van der Waals surface area (Å²) in [6, 6.07) is 40.5. The number of hydrogen-bond donors (Lipinski definition) is 3. The molecule has 0 spiro atoms. The number of fused-ring (bicyclic) bond motifs is 1. The second kappa shape index (κ2) is 15.7. The minimum absolute atomic E-state index is 0.000444. The summed E-state index contributed by atoms with van der Waals surface area (Å²) in [6.45, 7) is 0.356. The molecule has 49 heavy (non-hydrogen) atoms. The first kappa shape index (κ1) is 32.8. The molecule has 10 heteroatoms. The van der Waals surface area contributed by atoms with Gasteiger partial charge in [0.2, 0.25) is 0 Å². The number of thiazole rings is 1. The highest BCUT2D eigenvalue weighted by atomic mass is 32.2. The van der Waals surface area contributed by atoms with Crippen molar-refractivity contribution in [3.8, 4) is 11.5 Å². The van der Waals surface area contributed by atoms with Gasteiger partial charge in [-0.15, -0.1) is 11.3 Å². The summed E-state index contributed by atoms with van der Waals surface area (Å²) >= 11 is 3.40. The number of benzene rings is 5. The molecular weight excluding hydrogens is 655 g/mol. The number of anilines is 1. The lowest BCUT2D eigenvalue weighted by atomic mass is 10.0. The molecule has 7 rings (SSSR count). The van der Waals surface area contributed by atoms with E-state index in [1.807, 2.05) is 109 Å². The third-order valence-electron chi connectivity index (χ3n) is 8.08. The van der Waals surface area contributed by atoms with Gasteiger partial charge in [-0.1, -0.05) is 90.6 Å². The second-order valence-electron chi connectivity index (χ2n) is 11.6. The first-order valence-electron chi connectivity index (χ1n) is 16.0. The molecule has 2 heterocycles. The zero-order valence-electron chi connectivity index (χ0n) is 26.5. The zero-order chi connectivity index (χ0) is 33.4. The number of para-hydroxylation sites is 2. The van der Waals surface area contributed by atoms with E-state index in [1.54, 1.807) is 35.2 Å². The van der Waals surface area contributed by atoms with E-state index < -0.39 is 6.29 Å². The fraction of sp³-hybridized carbons (Fsp3) is 0.179. The highest BCUT2D eigenvalue weighted by Crippen LogP contribution is 2.40. The van der Waals surface area contributed by atoms with E-state index in [0.717, 1.165) is 43.6 Å². The summed E-state index contributed by atoms with van der Waals surface area (Å²) < 4.78 is 21.0. The summed E-state index contributed by atoms with van der Waals surface area (Å²) in [5.74, 6) is 2.18. The number of aromatic nitrogens is 1. The lowest BCUT2D eigenvalue weighted by Crippen LogP contribution is -2.31. The van der Waals surface area contributed by atoms with Crippen LogP contribution in [0.4, 0.5) is 10.5 Å². The van der Waals surface area contributed by atoms with Crippen LogP contribution in [-0.2, 0) is 22.6 Å². The van der Waals surface area contributed by atoms with Crippen molar-refractivity contribution in [3.63, 3.8) is 0 Å². The van der Waals surface area contributed by atoms with Crippen LogP contribution in [0.3, 0.4) is 0 Å². The summed E-state index contributed by atoms with van der Waals surface area (Å²) in [5.41, 5.74) is 5.43. The van der Waals surface area contributed by atoms with Gasteiger partial charge in [-0.3, -0.25) is 0 Å². The number of ether oxygens (including phenoxy) is 3. The number of aliphatic hydroxyl groups is 1. The molecule has 248 valence electrons. The minimum Gasteiger partial charge on any atom is -0.457 e. The van der Waals surface area contributed by atoms with Crippen LogP contribution in [0.5, 0.6) is 11.5 Å². The van der Waals surface area contributed by atoms with Gasteiger partial charge < -0.3 is 30.0 Å². The van der Waals surface area contributed by atoms with Crippen molar-refractivity contribution in [2.24, 2.45) is 0 Å². The van der Waals surface area contributed by atoms with Crippen LogP contribution in [0.25, 0.3) is 10.2 Å². The van der Waals surface area contributed by atoms with Crippen molar-refractivity contribution in [2.45, 2.75) is 42.4 Å². The van der Waals surface area contributed by atoms with Crippen molar-refractivity contribution in [1.82, 2.24) is 10.3 Å². The number of carbonyl (C=O) groups is 1. The molecular formula is C39H35N3O5S2. The van der Waals surface area contributed by atoms with Crippen LogP contribution in [0.15, 0.2) is 132 Å². The third-order valence-corrected chi connectivity index (χ3v) is 10.4. The molecule has 3 N–H and O–H groups in total. The Kier molecular flexibility index (Phi) is 10.5. The number of carbonyl (C=O) groups excluding carboxylic acids is 1. The third kappa shape index (κ3) is 8.66. The Labute approximate surface area is 293 Å². The van der Waals surface area contributed by atoms with Crippen molar-refractivity contribution in [2.75, 3.05) is 11.1 Å². The van der Waals surface area contributed by atoms with E-state index in [9.17, 15) is 9.90 Å². The summed E-state index contributed by atoms with van der Waals surface area (Å²) in [4.78, 5) is 17.4. The average Bonchev–Trinajstić information content (AvgIpc) is 3.58. The highest BCUT2D eigenvalue weighted by Gasteiger charge is 2.32. The first-order valence-corrected chi connectivity index (χ1v) is 17.8. The minimum atomic E-state index is -0.559. The van der Waals surface area contributed by atoms with Gasteiger partial charge in [0, 0.05) is 30.0 Å². The number of aliphatic hydroxyl groups excluding tert-OH is 1. The van der Waals surface area contributed by atoms with Gasteiger partial charge in [0.15, 0.2) is 10.6 Å². The second-order valence-corrected chi connectivity index (χ2v) is 13.9. The van der Waals surface area contributed by atoms with Gasteiger partial charge in [-0.05, 0) is 65.2 Å². The molecule has 1 aromatic heterocycles. The van der Waals surface area contributed by atoms with Crippen molar-refractivity contribution in [3.05, 3.63) is 150 Å². The molecule has 0 unspecified atom stereocenters. The van der Waals surface area contributed by atoms with Gasteiger partial charge in [0.25, 0.3) is 0 Å². The SMILES string of the molecule is O=C(NCc1ccc([C@H]2O[C@@H](CSc3nc4ccccc4s3)C[C@@H](c3ccc(CO)cc3)O2)cc1)Nc1ccc(Oc2ccccc2)cc1. The highest BCUT2D eigenvalue weighted by molar-refractivity contribution is 8.01. The number of amides is 2. The van der Waals surface area contributed by atoms with Crippen molar-refractivity contribution < 1.29 is 24.1 Å². The van der Waals surface area contributed by atoms with Crippen molar-refractivity contribution >= 4 is 45.0 Å². The van der Waals surface area contributed by atoms with Crippen LogP contribution < -0.4 is 15.4 Å². The molecule has 3 atom stereocenters. The molecule has 8 nitrogen and oxygen atoms in total. The maximum Gasteiger partial charge on any atom is 0.319 e. The Hall–Kier alpha value is -4.71. The fourth-order valence-corrected chi connectivity index (χ4v) is 7.59. The van der Waals surface area contributed by atoms with E-state index in [2.05, 4.69) is 16.7 Å². The number of thioether (sulfide) groups is 1. The van der Waals surface area contributed by atoms with Gasteiger partial charge >= 0.3 is 6.03 Å². The standard InChI is InChI=1S/C39H35N3O5S2/c43-24-27-12-14-28(15-13-27)35-22-33(25-48-39-42-34-8-4-5-9-36(34)49-39)46-37(47-35)29-16-10-26(11-17-29)23-40-38(44)41-30-18-20-32(21-19-30)45-31-6-2-1-3-7-31/h1-21,33,35,37,43H,22-25H2,(H2,40,41,44)/t33-,35+,37+/m1/s1. The van der Waals surface area contributed by atoms with Gasteiger partial charge in [-0.25, -0.2) is 9.78 Å². The fourth-order valence-electron chi connectivity index (χ4n) is 5.48. The largest absolute Gasteiger partial charge is 0.457 e. The molecule has 1 aliphatic rings. The average molecular weight is 690 g/mol. The molecule has 2 amide bonds. The van der Waals surface area contributed by atoms with Gasteiger partial charge in [0.05, 0.1) is 29.0 Å². The number of rotatable bonds is 11. The number of urea groups is 1. The lowest BCUT2D eigenvalue weighted by molar-refractivity contribution is -0.245. The lowest BCUT2D eigenvalue weighted by Gasteiger charge is -2.36. The van der Waals surface area contributed by atoms with Crippen LogP contribution >= 0.6 is 23.1 Å². The molecule has 5 aromatic carbocycles. The maximum atomic E-state index is 12.6. The van der Waals surface area contributed by atoms with E-state index in [1.165, 1.54) is 4.70 Å². The van der Waals surface area contributed by atoms with Gasteiger partial charge in [-0.2, -0.15) is 0 Å². The number of nitrogens with one attached hydrogen (secondary N) is 2. The topological polar surface area (TPSA) is 102 Å². The number of nitrogens with zero attached hydrogens (tertiary/aromatic N) is 1.